The van der Waals surface area contributed by atoms with Crippen LogP contribution in [-0.2, 0) is 10.2 Å². The van der Waals surface area contributed by atoms with E-state index in [4.69, 9.17) is 4.74 Å². The molecule has 0 saturated carbocycles. The smallest absolute Gasteiger partial charge is 0.270 e. The molecule has 1 saturated heterocycles. The van der Waals surface area contributed by atoms with Crippen LogP contribution in [0.5, 0.6) is 0 Å². The average molecular weight is 387 g/mol. The van der Waals surface area contributed by atoms with Gasteiger partial charge in [-0.05, 0) is 36.6 Å². The monoisotopic (exact) mass is 387 g/mol. The number of halogens is 1. The third kappa shape index (κ3) is 3.63. The number of ether oxygens (including phenoxy) is 1. The van der Waals surface area contributed by atoms with E-state index in [1.807, 2.05) is 6.07 Å². The molecule has 1 aliphatic heterocycles. The van der Waals surface area contributed by atoms with Crippen molar-refractivity contribution in [2.24, 2.45) is 0 Å². The Morgan fingerprint density at radius 3 is 2.81 bits per heavy atom. The van der Waals surface area contributed by atoms with Gasteiger partial charge in [0.2, 0.25) is 0 Å². The molecule has 8 heteroatoms. The minimum atomic E-state index is -0.409. The highest BCUT2D eigenvalue weighted by atomic mass is 32.1. The summed E-state index contributed by atoms with van der Waals surface area (Å²) in [7, 11) is 0. The van der Waals surface area contributed by atoms with Crippen LogP contribution in [0.3, 0.4) is 0 Å². The molecule has 0 aliphatic carbocycles. The summed E-state index contributed by atoms with van der Waals surface area (Å²) < 4.78 is 20.1. The van der Waals surface area contributed by atoms with Gasteiger partial charge < -0.3 is 10.1 Å². The molecule has 0 amide bonds. The standard InChI is InChI=1S/C19H18FN3O3S/c20-14-3-1-2-13(10-14)19(6-8-26-9-7-19)12-21-18-22-16-5-4-15(23(24)25)11-17(16)27-18/h1-5,10-11H,6-9,12H2,(H,21,22). The Balaban J connectivity index is 1.59. The van der Waals surface area contributed by atoms with Gasteiger partial charge in [-0.15, -0.1) is 0 Å². The molecule has 1 N–H and O–H groups in total. The van der Waals surface area contributed by atoms with Crippen LogP contribution in [0, 0.1) is 15.9 Å². The summed E-state index contributed by atoms with van der Waals surface area (Å²) >= 11 is 1.38. The number of benzene rings is 2. The number of anilines is 1. The number of nitrogens with zero attached hydrogens (tertiary/aromatic N) is 2. The fourth-order valence-electron chi connectivity index (χ4n) is 3.50. The lowest BCUT2D eigenvalue weighted by molar-refractivity contribution is -0.384. The SMILES string of the molecule is O=[N+]([O-])c1ccc2nc(NCC3(c4cccc(F)c4)CCOCC3)sc2c1. The number of non-ortho nitro benzene ring substituents is 1. The maximum atomic E-state index is 13.8. The maximum Gasteiger partial charge on any atom is 0.270 e. The van der Waals surface area contributed by atoms with Gasteiger partial charge >= 0.3 is 0 Å². The van der Waals surface area contributed by atoms with Crippen molar-refractivity contribution >= 4 is 32.4 Å². The molecule has 2 heterocycles. The van der Waals surface area contributed by atoms with Gasteiger partial charge in [0, 0.05) is 37.3 Å². The number of aromatic nitrogens is 1. The maximum absolute atomic E-state index is 13.8. The van der Waals surface area contributed by atoms with Gasteiger partial charge in [0.25, 0.3) is 5.69 Å². The second-order valence-corrected chi connectivity index (χ2v) is 7.72. The number of nitrogens with one attached hydrogen (secondary N) is 1. The normalized spacial score (nSPS) is 16.3. The molecule has 140 valence electrons. The van der Waals surface area contributed by atoms with Crippen LogP contribution in [0.15, 0.2) is 42.5 Å². The van der Waals surface area contributed by atoms with Crippen molar-refractivity contribution in [2.75, 3.05) is 25.1 Å². The predicted octanol–water partition coefficient (Wildman–Crippen LogP) is 4.50. The molecule has 0 spiro atoms. The molecule has 1 aromatic heterocycles. The lowest BCUT2D eigenvalue weighted by atomic mass is 9.74. The van der Waals surface area contributed by atoms with E-state index in [0.717, 1.165) is 28.6 Å². The summed E-state index contributed by atoms with van der Waals surface area (Å²) in [6.45, 7) is 1.86. The fourth-order valence-corrected chi connectivity index (χ4v) is 4.39. The summed E-state index contributed by atoms with van der Waals surface area (Å²) in [5.41, 5.74) is 1.50. The highest BCUT2D eigenvalue weighted by Crippen LogP contribution is 2.36. The van der Waals surface area contributed by atoms with Crippen LogP contribution in [0.1, 0.15) is 18.4 Å². The Hall–Kier alpha value is -2.58. The third-order valence-corrected chi connectivity index (χ3v) is 6.02. The largest absolute Gasteiger partial charge is 0.381 e. The molecule has 3 aromatic rings. The Kier molecular flexibility index (Phi) is 4.75. The van der Waals surface area contributed by atoms with Crippen LogP contribution in [0.2, 0.25) is 0 Å². The van der Waals surface area contributed by atoms with Crippen molar-refractivity contribution in [2.45, 2.75) is 18.3 Å². The Labute approximate surface area is 159 Å². The minimum absolute atomic E-state index is 0.0540. The highest BCUT2D eigenvalue weighted by Gasteiger charge is 2.35. The van der Waals surface area contributed by atoms with Crippen LogP contribution in [0.25, 0.3) is 10.2 Å². The first-order chi connectivity index (χ1) is 13.1. The molecule has 4 rings (SSSR count). The number of thiazole rings is 1. The molecular formula is C19H18FN3O3S. The van der Waals surface area contributed by atoms with Crippen LogP contribution >= 0.6 is 11.3 Å². The van der Waals surface area contributed by atoms with E-state index in [9.17, 15) is 14.5 Å². The van der Waals surface area contributed by atoms with E-state index in [1.54, 1.807) is 18.2 Å². The van der Waals surface area contributed by atoms with Gasteiger partial charge in [-0.2, -0.15) is 0 Å². The third-order valence-electron chi connectivity index (χ3n) is 5.05. The number of nitro benzene ring substituents is 1. The second-order valence-electron chi connectivity index (χ2n) is 6.68. The zero-order chi connectivity index (χ0) is 18.9. The summed E-state index contributed by atoms with van der Waals surface area (Å²) in [5.74, 6) is -0.245. The van der Waals surface area contributed by atoms with E-state index >= 15 is 0 Å². The molecular weight excluding hydrogens is 369 g/mol. The molecule has 27 heavy (non-hydrogen) atoms. The van der Waals surface area contributed by atoms with Gasteiger partial charge in [0.05, 0.1) is 15.1 Å². The Morgan fingerprint density at radius 2 is 2.07 bits per heavy atom. The van der Waals surface area contributed by atoms with E-state index in [0.29, 0.717) is 24.9 Å². The van der Waals surface area contributed by atoms with Gasteiger partial charge in [-0.3, -0.25) is 10.1 Å². The molecule has 0 bridgehead atoms. The van der Waals surface area contributed by atoms with Crippen molar-refractivity contribution in [3.63, 3.8) is 0 Å². The topological polar surface area (TPSA) is 77.3 Å². The first-order valence-corrected chi connectivity index (χ1v) is 9.50. The molecule has 0 radical (unpaired) electrons. The van der Waals surface area contributed by atoms with Crippen molar-refractivity contribution in [1.82, 2.24) is 4.98 Å². The van der Waals surface area contributed by atoms with Gasteiger partial charge in [-0.25, -0.2) is 9.37 Å². The van der Waals surface area contributed by atoms with Gasteiger partial charge in [0.15, 0.2) is 5.13 Å². The first-order valence-electron chi connectivity index (χ1n) is 8.68. The summed E-state index contributed by atoms with van der Waals surface area (Å²) in [6.07, 6.45) is 1.58. The molecule has 0 atom stereocenters. The number of hydrogen-bond acceptors (Lipinski definition) is 6. The van der Waals surface area contributed by atoms with Gasteiger partial charge in [-0.1, -0.05) is 23.5 Å². The zero-order valence-electron chi connectivity index (χ0n) is 14.5. The summed E-state index contributed by atoms with van der Waals surface area (Å²) in [5, 5.41) is 15.0. The van der Waals surface area contributed by atoms with Crippen molar-refractivity contribution < 1.29 is 14.1 Å². The van der Waals surface area contributed by atoms with Crippen molar-refractivity contribution in [3.8, 4) is 0 Å². The Bertz CT molecular complexity index is 985. The molecule has 1 aliphatic rings. The fraction of sp³-hybridized carbons (Fsp3) is 0.316. The first kappa shape index (κ1) is 17.8. The lowest BCUT2D eigenvalue weighted by Gasteiger charge is -2.38. The molecule has 2 aromatic carbocycles. The second kappa shape index (κ2) is 7.21. The number of rotatable bonds is 5. The number of fused-ring (bicyclic) bond motifs is 1. The molecule has 1 fully saturated rings. The van der Waals surface area contributed by atoms with E-state index in [1.165, 1.54) is 29.5 Å². The molecule has 0 unspecified atom stereocenters. The van der Waals surface area contributed by atoms with Crippen LogP contribution < -0.4 is 5.32 Å². The lowest BCUT2D eigenvalue weighted by Crippen LogP contribution is -2.40. The Morgan fingerprint density at radius 1 is 1.26 bits per heavy atom. The molecule has 6 nitrogen and oxygen atoms in total. The van der Waals surface area contributed by atoms with Crippen molar-refractivity contribution in [1.29, 1.82) is 0 Å². The van der Waals surface area contributed by atoms with E-state index in [-0.39, 0.29) is 16.9 Å². The van der Waals surface area contributed by atoms with Gasteiger partial charge in [0.1, 0.15) is 5.82 Å². The minimum Gasteiger partial charge on any atom is -0.381 e. The highest BCUT2D eigenvalue weighted by molar-refractivity contribution is 7.22. The number of nitro groups is 1. The quantitative estimate of drug-likeness (QED) is 0.515. The summed E-state index contributed by atoms with van der Waals surface area (Å²) in [6, 6.07) is 11.4. The zero-order valence-corrected chi connectivity index (χ0v) is 15.3. The number of hydrogen-bond donors (Lipinski definition) is 1. The van der Waals surface area contributed by atoms with E-state index in [2.05, 4.69) is 10.3 Å². The average Bonchev–Trinajstić information content (AvgIpc) is 3.09. The summed E-state index contributed by atoms with van der Waals surface area (Å²) in [4.78, 5) is 15.1. The van der Waals surface area contributed by atoms with Crippen molar-refractivity contribution in [3.05, 3.63) is 64.0 Å². The van der Waals surface area contributed by atoms with E-state index < -0.39 is 4.92 Å². The predicted molar refractivity (Wildman–Crippen MR) is 103 cm³/mol. The van der Waals surface area contributed by atoms with Crippen LogP contribution in [0.4, 0.5) is 15.2 Å². The van der Waals surface area contributed by atoms with Crippen LogP contribution in [-0.4, -0.2) is 29.7 Å².